The van der Waals surface area contributed by atoms with Crippen molar-refractivity contribution >= 4 is 11.2 Å². The Morgan fingerprint density at radius 3 is 2.77 bits per heavy atom. The van der Waals surface area contributed by atoms with Gasteiger partial charge in [0.05, 0.1) is 23.8 Å². The van der Waals surface area contributed by atoms with Gasteiger partial charge in [0.2, 0.25) is 0 Å². The number of benzene rings is 1. The van der Waals surface area contributed by atoms with Gasteiger partial charge in [-0.05, 0) is 12.5 Å². The lowest BCUT2D eigenvalue weighted by atomic mass is 10.1. The monoisotopic (exact) mass is 290 g/mol. The summed E-state index contributed by atoms with van der Waals surface area (Å²) in [6.45, 7) is 2.07. The molecule has 1 aromatic carbocycles. The van der Waals surface area contributed by atoms with Crippen molar-refractivity contribution in [2.75, 3.05) is 0 Å². The van der Waals surface area contributed by atoms with Gasteiger partial charge < -0.3 is 0 Å². The molecule has 0 spiro atoms. The average molecular weight is 290 g/mol. The molecule has 108 valence electrons. The standard InChI is InChI=1S/C16H14N6/c1-10-5-3-4-6-12(10)14-15-16(21-20-14)17-8-13(19-15)11-7-18-22(2)9-11/h3-9H,1-2H3,(H,17,20,21). The molecule has 4 rings (SSSR count). The highest BCUT2D eigenvalue weighted by Crippen LogP contribution is 2.28. The second kappa shape index (κ2) is 4.77. The van der Waals surface area contributed by atoms with Crippen LogP contribution in [0.15, 0.2) is 42.9 Å². The number of hydrogen-bond acceptors (Lipinski definition) is 4. The van der Waals surface area contributed by atoms with E-state index >= 15 is 0 Å². The van der Waals surface area contributed by atoms with Crippen molar-refractivity contribution in [2.45, 2.75) is 6.92 Å². The van der Waals surface area contributed by atoms with E-state index in [1.54, 1.807) is 17.1 Å². The number of aromatic nitrogens is 6. The van der Waals surface area contributed by atoms with Gasteiger partial charge >= 0.3 is 0 Å². The minimum absolute atomic E-state index is 0.617. The first-order valence-electron chi connectivity index (χ1n) is 6.98. The molecule has 3 aromatic heterocycles. The summed E-state index contributed by atoms with van der Waals surface area (Å²) in [6.07, 6.45) is 5.43. The molecule has 0 radical (unpaired) electrons. The van der Waals surface area contributed by atoms with Crippen LogP contribution in [0.25, 0.3) is 33.7 Å². The van der Waals surface area contributed by atoms with Gasteiger partial charge in [-0.2, -0.15) is 10.2 Å². The molecule has 22 heavy (non-hydrogen) atoms. The molecule has 0 unspecified atom stereocenters. The molecule has 4 aromatic rings. The van der Waals surface area contributed by atoms with Crippen LogP contribution in [0.2, 0.25) is 0 Å². The van der Waals surface area contributed by atoms with Crippen LogP contribution in [0.5, 0.6) is 0 Å². The Labute approximate surface area is 126 Å². The zero-order valence-electron chi connectivity index (χ0n) is 12.3. The van der Waals surface area contributed by atoms with E-state index in [1.165, 1.54) is 5.56 Å². The molecule has 0 saturated carbocycles. The topological polar surface area (TPSA) is 72.3 Å². The minimum Gasteiger partial charge on any atom is -0.275 e. The molecule has 1 N–H and O–H groups in total. The molecule has 0 aliphatic heterocycles. The maximum atomic E-state index is 4.73. The van der Waals surface area contributed by atoms with Crippen molar-refractivity contribution in [3.05, 3.63) is 48.4 Å². The Morgan fingerprint density at radius 1 is 1.14 bits per heavy atom. The normalized spacial score (nSPS) is 11.2. The Balaban J connectivity index is 1.92. The van der Waals surface area contributed by atoms with E-state index in [4.69, 9.17) is 4.98 Å². The number of fused-ring (bicyclic) bond motifs is 1. The first-order chi connectivity index (χ1) is 10.7. The van der Waals surface area contributed by atoms with Gasteiger partial charge in [0.15, 0.2) is 5.65 Å². The van der Waals surface area contributed by atoms with E-state index < -0.39 is 0 Å². The highest BCUT2D eigenvalue weighted by atomic mass is 15.2. The number of H-pyrrole nitrogens is 1. The zero-order chi connectivity index (χ0) is 15.1. The fourth-order valence-corrected chi connectivity index (χ4v) is 2.53. The van der Waals surface area contributed by atoms with E-state index in [1.807, 2.05) is 25.4 Å². The van der Waals surface area contributed by atoms with Crippen molar-refractivity contribution in [2.24, 2.45) is 7.05 Å². The quantitative estimate of drug-likeness (QED) is 0.616. The van der Waals surface area contributed by atoms with Gasteiger partial charge in [-0.15, -0.1) is 0 Å². The third kappa shape index (κ3) is 1.96. The fourth-order valence-electron chi connectivity index (χ4n) is 2.53. The van der Waals surface area contributed by atoms with Crippen molar-refractivity contribution in [1.29, 1.82) is 0 Å². The lowest BCUT2D eigenvalue weighted by Gasteiger charge is -2.03. The lowest BCUT2D eigenvalue weighted by Crippen LogP contribution is -1.89. The van der Waals surface area contributed by atoms with E-state index in [9.17, 15) is 0 Å². The summed E-state index contributed by atoms with van der Waals surface area (Å²) in [6, 6.07) is 8.15. The van der Waals surface area contributed by atoms with Crippen LogP contribution in [0.4, 0.5) is 0 Å². The average Bonchev–Trinajstić information content (AvgIpc) is 3.13. The van der Waals surface area contributed by atoms with Crippen LogP contribution in [-0.4, -0.2) is 29.9 Å². The fraction of sp³-hybridized carbons (Fsp3) is 0.125. The van der Waals surface area contributed by atoms with Crippen molar-refractivity contribution < 1.29 is 0 Å². The molecule has 6 heteroatoms. The van der Waals surface area contributed by atoms with Crippen LogP contribution in [0.1, 0.15) is 5.56 Å². The maximum Gasteiger partial charge on any atom is 0.200 e. The zero-order valence-corrected chi connectivity index (χ0v) is 12.3. The second-order valence-electron chi connectivity index (χ2n) is 5.24. The Kier molecular flexibility index (Phi) is 2.75. The number of rotatable bonds is 2. The summed E-state index contributed by atoms with van der Waals surface area (Å²) >= 11 is 0. The van der Waals surface area contributed by atoms with E-state index in [2.05, 4.69) is 39.3 Å². The van der Waals surface area contributed by atoms with Crippen LogP contribution < -0.4 is 0 Å². The second-order valence-corrected chi connectivity index (χ2v) is 5.24. The first kappa shape index (κ1) is 12.7. The first-order valence-corrected chi connectivity index (χ1v) is 6.98. The molecular formula is C16H14N6. The third-order valence-corrected chi connectivity index (χ3v) is 3.68. The van der Waals surface area contributed by atoms with Gasteiger partial charge in [-0.25, -0.2) is 9.97 Å². The summed E-state index contributed by atoms with van der Waals surface area (Å²) in [5.41, 5.74) is 6.27. The number of nitrogens with zero attached hydrogens (tertiary/aromatic N) is 5. The van der Waals surface area contributed by atoms with Gasteiger partial charge in [-0.1, -0.05) is 24.3 Å². The summed E-state index contributed by atoms with van der Waals surface area (Å²) in [4.78, 5) is 9.13. The molecular weight excluding hydrogens is 276 g/mol. The smallest absolute Gasteiger partial charge is 0.200 e. The van der Waals surface area contributed by atoms with Crippen LogP contribution >= 0.6 is 0 Å². The summed E-state index contributed by atoms with van der Waals surface area (Å²) < 4.78 is 1.75. The van der Waals surface area contributed by atoms with Crippen LogP contribution in [0.3, 0.4) is 0 Å². The number of nitrogens with one attached hydrogen (secondary N) is 1. The van der Waals surface area contributed by atoms with E-state index in [0.29, 0.717) is 5.65 Å². The molecule has 0 saturated heterocycles. The number of aromatic amines is 1. The van der Waals surface area contributed by atoms with E-state index in [0.717, 1.165) is 28.0 Å². The Morgan fingerprint density at radius 2 is 2.00 bits per heavy atom. The Hall–Kier alpha value is -3.02. The summed E-state index contributed by atoms with van der Waals surface area (Å²) in [7, 11) is 1.88. The van der Waals surface area contributed by atoms with Gasteiger partial charge in [-0.3, -0.25) is 9.78 Å². The summed E-state index contributed by atoms with van der Waals surface area (Å²) in [5.74, 6) is 0. The molecule has 0 aliphatic rings. The molecule has 3 heterocycles. The molecule has 0 aliphatic carbocycles. The van der Waals surface area contributed by atoms with Crippen molar-refractivity contribution in [1.82, 2.24) is 29.9 Å². The van der Waals surface area contributed by atoms with Crippen LogP contribution in [-0.2, 0) is 7.05 Å². The SMILES string of the molecule is Cc1ccccc1-c1[nH]nc2ncc(-c3cnn(C)c3)nc12. The predicted molar refractivity (Wildman–Crippen MR) is 84.1 cm³/mol. The van der Waals surface area contributed by atoms with Gasteiger partial charge in [0, 0.05) is 24.4 Å². The molecule has 0 amide bonds. The third-order valence-electron chi connectivity index (χ3n) is 3.68. The van der Waals surface area contributed by atoms with Crippen LogP contribution in [0, 0.1) is 6.92 Å². The van der Waals surface area contributed by atoms with E-state index in [-0.39, 0.29) is 0 Å². The molecule has 6 nitrogen and oxygen atoms in total. The highest BCUT2D eigenvalue weighted by Gasteiger charge is 2.13. The number of hydrogen-bond donors (Lipinski definition) is 1. The highest BCUT2D eigenvalue weighted by molar-refractivity contribution is 5.89. The van der Waals surface area contributed by atoms with Crippen molar-refractivity contribution in [3.8, 4) is 22.5 Å². The predicted octanol–water partition coefficient (Wildman–Crippen LogP) is 2.73. The lowest BCUT2D eigenvalue weighted by molar-refractivity contribution is 0.768. The maximum absolute atomic E-state index is 4.73. The Bertz CT molecular complexity index is 966. The minimum atomic E-state index is 0.617. The van der Waals surface area contributed by atoms with Gasteiger partial charge in [0.1, 0.15) is 5.52 Å². The largest absolute Gasteiger partial charge is 0.275 e. The van der Waals surface area contributed by atoms with Gasteiger partial charge in [0.25, 0.3) is 0 Å². The van der Waals surface area contributed by atoms with Crippen molar-refractivity contribution in [3.63, 3.8) is 0 Å². The molecule has 0 bridgehead atoms. The summed E-state index contributed by atoms with van der Waals surface area (Å²) in [5, 5.41) is 11.5. The molecule has 0 fully saturated rings. The number of aryl methyl sites for hydroxylation is 2. The molecule has 0 atom stereocenters.